The van der Waals surface area contributed by atoms with E-state index in [0.29, 0.717) is 40.6 Å². The normalized spacial score (nSPS) is 51.6. The molecule has 0 aromatic rings. The number of hydrogen-bond acceptors (Lipinski definition) is 4. The molecule has 0 aromatic heterocycles. The van der Waals surface area contributed by atoms with Crippen molar-refractivity contribution in [1.82, 2.24) is 0 Å². The SMILES string of the molecule is C=C(C)[C@@H]1CC[C@]2(C)CC[C@]3(C)[C@H](CC[C@@H]4[C@@]5(C)CC[C@@H](OC(C)=O)[C@@](C)(COC(C)=O)[C@@H]5CC[C@]43C)[C@@H]12. The third-order valence-corrected chi connectivity index (χ3v) is 14.1. The van der Waals surface area contributed by atoms with Gasteiger partial charge in [0.2, 0.25) is 0 Å². The molecule has 5 aliphatic carbocycles. The fraction of sp³-hybridized carbons (Fsp3) is 0.882. The minimum absolute atomic E-state index is 0.150. The smallest absolute Gasteiger partial charge is 0.302 e. The Morgan fingerprint density at radius 1 is 0.763 bits per heavy atom. The maximum Gasteiger partial charge on any atom is 0.302 e. The Labute approximate surface area is 232 Å². The van der Waals surface area contributed by atoms with E-state index in [2.05, 4.69) is 48.1 Å². The van der Waals surface area contributed by atoms with Crippen molar-refractivity contribution < 1.29 is 19.1 Å². The molecule has 214 valence electrons. The quantitative estimate of drug-likeness (QED) is 0.274. The third kappa shape index (κ3) is 3.80. The summed E-state index contributed by atoms with van der Waals surface area (Å²) in [4.78, 5) is 24.0. The first-order valence-corrected chi connectivity index (χ1v) is 15.6. The van der Waals surface area contributed by atoms with Crippen molar-refractivity contribution in [3.8, 4) is 0 Å². The summed E-state index contributed by atoms with van der Waals surface area (Å²) in [5.74, 6) is 2.77. The van der Waals surface area contributed by atoms with Gasteiger partial charge in [-0.25, -0.2) is 0 Å². The molecule has 5 fully saturated rings. The molecule has 0 aliphatic heterocycles. The van der Waals surface area contributed by atoms with Crippen LogP contribution in [-0.2, 0) is 19.1 Å². The molecule has 0 radical (unpaired) electrons. The van der Waals surface area contributed by atoms with E-state index in [1.807, 2.05) is 0 Å². The van der Waals surface area contributed by atoms with Crippen LogP contribution in [0.25, 0.3) is 0 Å². The second kappa shape index (κ2) is 9.10. The highest BCUT2D eigenvalue weighted by Gasteiger charge is 2.71. The molecule has 0 amide bonds. The summed E-state index contributed by atoms with van der Waals surface area (Å²) in [6.07, 6.45) is 12.1. The fourth-order valence-corrected chi connectivity index (χ4v) is 12.1. The first-order valence-electron chi connectivity index (χ1n) is 15.6. The lowest BCUT2D eigenvalue weighted by molar-refractivity contribution is -0.256. The van der Waals surface area contributed by atoms with Crippen molar-refractivity contribution in [2.45, 2.75) is 126 Å². The first kappa shape index (κ1) is 28.2. The van der Waals surface area contributed by atoms with E-state index in [4.69, 9.17) is 9.47 Å². The van der Waals surface area contributed by atoms with E-state index in [0.717, 1.165) is 31.1 Å². The predicted molar refractivity (Wildman–Crippen MR) is 151 cm³/mol. The van der Waals surface area contributed by atoms with Gasteiger partial charge in [0.05, 0.1) is 0 Å². The summed E-state index contributed by atoms with van der Waals surface area (Å²) < 4.78 is 11.7. The molecule has 0 aromatic carbocycles. The van der Waals surface area contributed by atoms with Crippen molar-refractivity contribution in [1.29, 1.82) is 0 Å². The lowest BCUT2D eigenvalue weighted by Gasteiger charge is -2.73. The number of fused-ring (bicyclic) bond motifs is 7. The van der Waals surface area contributed by atoms with E-state index in [1.54, 1.807) is 0 Å². The molecule has 38 heavy (non-hydrogen) atoms. The monoisotopic (exact) mass is 526 g/mol. The standard InChI is InChI=1S/C34H54O4/c1-21(2)24-12-15-30(5)18-19-33(8)25(29(24)30)10-11-27-31(6)16-14-28(38-23(4)36)32(7,20-37-22(3)35)26(31)13-17-34(27,33)9/h24-29H,1,10-20H2,2-9H3/t24-,25+,26+,27+,28+,29+,30+,31-,32-,33+,34+/m0/s1. The van der Waals surface area contributed by atoms with Crippen molar-refractivity contribution in [2.24, 2.45) is 56.7 Å². The Hall–Kier alpha value is -1.32. The lowest BCUT2D eigenvalue weighted by atomic mass is 9.32. The Kier molecular flexibility index (Phi) is 6.76. The Morgan fingerprint density at radius 2 is 1.47 bits per heavy atom. The largest absolute Gasteiger partial charge is 0.465 e. The van der Waals surface area contributed by atoms with Crippen LogP contribution in [0, 0.1) is 56.7 Å². The molecule has 0 saturated heterocycles. The minimum Gasteiger partial charge on any atom is -0.465 e. The maximum absolute atomic E-state index is 12.1. The molecular weight excluding hydrogens is 472 g/mol. The van der Waals surface area contributed by atoms with Crippen molar-refractivity contribution in [2.75, 3.05) is 6.61 Å². The van der Waals surface area contributed by atoms with Crippen LogP contribution in [0.15, 0.2) is 12.2 Å². The molecule has 0 spiro atoms. The van der Waals surface area contributed by atoms with E-state index >= 15 is 0 Å². The van der Waals surface area contributed by atoms with Crippen LogP contribution < -0.4 is 0 Å². The fourth-order valence-electron chi connectivity index (χ4n) is 12.1. The number of carbonyl (C=O) groups excluding carboxylic acids is 2. The molecular formula is C34H54O4. The molecule has 5 saturated carbocycles. The molecule has 4 heteroatoms. The van der Waals surface area contributed by atoms with E-state index in [9.17, 15) is 9.59 Å². The van der Waals surface area contributed by atoms with Gasteiger partial charge in [0.25, 0.3) is 0 Å². The molecule has 5 rings (SSSR count). The van der Waals surface area contributed by atoms with Crippen LogP contribution in [0.3, 0.4) is 0 Å². The van der Waals surface area contributed by atoms with Gasteiger partial charge in [-0.2, -0.15) is 0 Å². The Morgan fingerprint density at radius 3 is 2.11 bits per heavy atom. The van der Waals surface area contributed by atoms with Crippen LogP contribution >= 0.6 is 0 Å². The first-order chi connectivity index (χ1) is 17.6. The highest BCUT2D eigenvalue weighted by Crippen LogP contribution is 2.77. The van der Waals surface area contributed by atoms with E-state index in [1.165, 1.54) is 64.4 Å². The second-order valence-electron chi connectivity index (χ2n) is 15.8. The highest BCUT2D eigenvalue weighted by atomic mass is 16.6. The van der Waals surface area contributed by atoms with Gasteiger partial charge in [-0.3, -0.25) is 9.59 Å². The molecule has 0 unspecified atom stereocenters. The van der Waals surface area contributed by atoms with Crippen LogP contribution in [0.4, 0.5) is 0 Å². The predicted octanol–water partition coefficient (Wildman–Crippen LogP) is 8.14. The van der Waals surface area contributed by atoms with E-state index in [-0.39, 0.29) is 28.9 Å². The van der Waals surface area contributed by atoms with Gasteiger partial charge in [0, 0.05) is 19.3 Å². The van der Waals surface area contributed by atoms with Crippen LogP contribution in [0.2, 0.25) is 0 Å². The number of carbonyl (C=O) groups is 2. The Balaban J connectivity index is 1.51. The summed E-state index contributed by atoms with van der Waals surface area (Å²) >= 11 is 0. The number of ether oxygens (including phenoxy) is 2. The summed E-state index contributed by atoms with van der Waals surface area (Å²) in [5.41, 5.74) is 2.31. The lowest BCUT2D eigenvalue weighted by Crippen LogP contribution is -2.67. The van der Waals surface area contributed by atoms with Crippen LogP contribution in [0.1, 0.15) is 120 Å². The highest BCUT2D eigenvalue weighted by molar-refractivity contribution is 5.66. The summed E-state index contributed by atoms with van der Waals surface area (Å²) in [5, 5.41) is 0. The zero-order valence-electron chi connectivity index (χ0n) is 25.6. The van der Waals surface area contributed by atoms with Gasteiger partial charge < -0.3 is 9.47 Å². The van der Waals surface area contributed by atoms with Gasteiger partial charge >= 0.3 is 11.9 Å². The number of esters is 2. The maximum atomic E-state index is 12.1. The number of rotatable bonds is 4. The third-order valence-electron chi connectivity index (χ3n) is 14.1. The van der Waals surface area contributed by atoms with Crippen molar-refractivity contribution >= 4 is 11.9 Å². The number of hydrogen-bond donors (Lipinski definition) is 0. The van der Waals surface area contributed by atoms with Gasteiger partial charge in [0.1, 0.15) is 12.7 Å². The second-order valence-corrected chi connectivity index (χ2v) is 15.8. The topological polar surface area (TPSA) is 52.6 Å². The van der Waals surface area contributed by atoms with Crippen LogP contribution in [-0.4, -0.2) is 24.6 Å². The average molecular weight is 527 g/mol. The van der Waals surface area contributed by atoms with Gasteiger partial charge in [0.15, 0.2) is 0 Å². The summed E-state index contributed by atoms with van der Waals surface area (Å²) in [6.45, 7) is 22.9. The molecule has 0 heterocycles. The van der Waals surface area contributed by atoms with Gasteiger partial charge in [-0.15, -0.1) is 0 Å². The number of allylic oxidation sites excluding steroid dienone is 1. The average Bonchev–Trinajstić information content (AvgIpc) is 3.18. The molecule has 11 atom stereocenters. The molecule has 0 N–H and O–H groups in total. The molecule has 0 bridgehead atoms. The molecule has 5 aliphatic rings. The van der Waals surface area contributed by atoms with E-state index < -0.39 is 0 Å². The zero-order valence-corrected chi connectivity index (χ0v) is 25.6. The minimum atomic E-state index is -0.356. The van der Waals surface area contributed by atoms with Crippen molar-refractivity contribution in [3.05, 3.63) is 12.2 Å². The summed E-state index contributed by atoms with van der Waals surface area (Å²) in [6, 6.07) is 0. The van der Waals surface area contributed by atoms with Gasteiger partial charge in [-0.1, -0.05) is 46.8 Å². The summed E-state index contributed by atoms with van der Waals surface area (Å²) in [7, 11) is 0. The van der Waals surface area contributed by atoms with Crippen molar-refractivity contribution in [3.63, 3.8) is 0 Å². The zero-order chi connectivity index (χ0) is 27.9. The van der Waals surface area contributed by atoms with Crippen LogP contribution in [0.5, 0.6) is 0 Å². The Bertz CT molecular complexity index is 1000. The molecule has 4 nitrogen and oxygen atoms in total. The van der Waals surface area contributed by atoms with Gasteiger partial charge in [-0.05, 0) is 122 Å².